The molecule has 5 rings (SSSR count). The number of aromatic nitrogens is 5. The van der Waals surface area contributed by atoms with Gasteiger partial charge in [-0.05, 0) is 91.3 Å². The lowest BCUT2D eigenvalue weighted by atomic mass is 10.3. The predicted molar refractivity (Wildman–Crippen MR) is 138 cm³/mol. The van der Waals surface area contributed by atoms with Gasteiger partial charge in [-0.2, -0.15) is 9.06 Å². The number of halogens is 2. The van der Waals surface area contributed by atoms with Crippen molar-refractivity contribution in [1.29, 1.82) is 0 Å². The normalized spacial score (nSPS) is 11.4. The number of amides is 2. The maximum Gasteiger partial charge on any atom is 0.300 e. The molecule has 13 heteroatoms. The SMILES string of the molecule is COc1ccc(NC(=O)c2nn(-c3ccc(F)cc3)sc2=NC(=O)c2nnn(-c3ccc(F)cc3)c2C)cc1. The summed E-state index contributed by atoms with van der Waals surface area (Å²) in [7, 11) is 1.53. The van der Waals surface area contributed by atoms with Crippen LogP contribution in [0.3, 0.4) is 0 Å². The van der Waals surface area contributed by atoms with Gasteiger partial charge >= 0.3 is 5.91 Å². The Hall–Kier alpha value is -5.04. The fourth-order valence-electron chi connectivity index (χ4n) is 3.54. The molecule has 0 aliphatic carbocycles. The standard InChI is InChI=1S/C26H19F2N7O3S/c1-15-22(31-33-34(15)19-9-3-16(27)4-10-19)24(36)30-26-23(25(37)29-18-7-13-21(38-2)14-8-18)32-35(39-26)20-11-5-17(28)6-12-20/h3-14H,1-2H3,(H,29,37). The van der Waals surface area contributed by atoms with Crippen LogP contribution < -0.4 is 14.7 Å². The van der Waals surface area contributed by atoms with Gasteiger partial charge in [0, 0.05) is 5.69 Å². The van der Waals surface area contributed by atoms with Gasteiger partial charge in [0.1, 0.15) is 17.4 Å². The number of benzene rings is 3. The first-order valence-electron chi connectivity index (χ1n) is 11.4. The Morgan fingerprint density at radius 3 is 2.13 bits per heavy atom. The Labute approximate surface area is 224 Å². The topological polar surface area (TPSA) is 116 Å². The molecule has 196 valence electrons. The third kappa shape index (κ3) is 5.48. The third-order valence-corrected chi connectivity index (χ3v) is 6.47. The van der Waals surface area contributed by atoms with E-state index in [1.54, 1.807) is 31.2 Å². The molecule has 0 fully saturated rings. The molecule has 2 heterocycles. The molecule has 1 N–H and O–H groups in total. The number of ether oxygens (including phenoxy) is 1. The van der Waals surface area contributed by atoms with E-state index in [0.29, 0.717) is 28.5 Å². The zero-order valence-corrected chi connectivity index (χ0v) is 21.3. The molecule has 0 radical (unpaired) electrons. The van der Waals surface area contributed by atoms with E-state index in [-0.39, 0.29) is 16.1 Å². The number of nitrogens with one attached hydrogen (secondary N) is 1. The molecule has 0 saturated heterocycles. The molecular formula is C26H19F2N7O3S. The van der Waals surface area contributed by atoms with Crippen molar-refractivity contribution in [1.82, 2.24) is 24.2 Å². The summed E-state index contributed by atoms with van der Waals surface area (Å²) < 4.78 is 34.7. The number of nitrogens with zero attached hydrogens (tertiary/aromatic N) is 6. The molecule has 0 bridgehead atoms. The lowest BCUT2D eigenvalue weighted by Crippen LogP contribution is -2.21. The van der Waals surface area contributed by atoms with Gasteiger partial charge in [0.2, 0.25) is 0 Å². The predicted octanol–water partition coefficient (Wildman–Crippen LogP) is 4.10. The number of methoxy groups -OCH3 is 1. The summed E-state index contributed by atoms with van der Waals surface area (Å²) in [5.41, 5.74) is 1.63. The molecular weight excluding hydrogens is 528 g/mol. The van der Waals surface area contributed by atoms with Crippen LogP contribution in [0, 0.1) is 18.6 Å². The van der Waals surface area contributed by atoms with Crippen molar-refractivity contribution in [3.05, 3.63) is 106 Å². The van der Waals surface area contributed by atoms with Crippen LogP contribution in [0.2, 0.25) is 0 Å². The van der Waals surface area contributed by atoms with Gasteiger partial charge in [-0.1, -0.05) is 5.21 Å². The maximum atomic E-state index is 13.5. The van der Waals surface area contributed by atoms with Crippen LogP contribution in [0.5, 0.6) is 5.75 Å². The minimum atomic E-state index is -0.755. The number of hydrogen-bond donors (Lipinski definition) is 1. The Bertz CT molecular complexity index is 1730. The molecule has 3 aromatic carbocycles. The van der Waals surface area contributed by atoms with E-state index in [4.69, 9.17) is 4.74 Å². The Balaban J connectivity index is 1.52. The lowest BCUT2D eigenvalue weighted by Gasteiger charge is -2.04. The molecule has 39 heavy (non-hydrogen) atoms. The summed E-state index contributed by atoms with van der Waals surface area (Å²) in [4.78, 5) is 30.5. The first-order chi connectivity index (χ1) is 18.8. The molecule has 10 nitrogen and oxygen atoms in total. The molecule has 0 saturated carbocycles. The van der Waals surface area contributed by atoms with E-state index in [9.17, 15) is 18.4 Å². The van der Waals surface area contributed by atoms with Crippen LogP contribution in [-0.2, 0) is 0 Å². The van der Waals surface area contributed by atoms with Crippen molar-refractivity contribution in [3.8, 4) is 17.1 Å². The van der Waals surface area contributed by atoms with Crippen LogP contribution in [0.25, 0.3) is 11.4 Å². The van der Waals surface area contributed by atoms with E-state index in [1.165, 1.54) is 64.4 Å². The number of carbonyl (C=O) groups is 2. The van der Waals surface area contributed by atoms with Crippen molar-refractivity contribution in [2.75, 3.05) is 12.4 Å². The number of anilines is 1. The van der Waals surface area contributed by atoms with E-state index in [2.05, 4.69) is 25.7 Å². The molecule has 0 aliphatic heterocycles. The smallest absolute Gasteiger partial charge is 0.300 e. The lowest BCUT2D eigenvalue weighted by molar-refractivity contribution is 0.0993. The first kappa shape index (κ1) is 25.6. The summed E-state index contributed by atoms with van der Waals surface area (Å²) in [6.45, 7) is 1.62. The van der Waals surface area contributed by atoms with Gasteiger partial charge in [-0.15, -0.1) is 10.2 Å². The largest absolute Gasteiger partial charge is 0.497 e. The van der Waals surface area contributed by atoms with Crippen LogP contribution in [0.4, 0.5) is 14.5 Å². The number of hydrogen-bond acceptors (Lipinski definition) is 7. The number of rotatable bonds is 6. The molecule has 0 spiro atoms. The minimum Gasteiger partial charge on any atom is -0.497 e. The van der Waals surface area contributed by atoms with Gasteiger partial charge in [0.25, 0.3) is 5.91 Å². The van der Waals surface area contributed by atoms with Crippen LogP contribution >= 0.6 is 11.5 Å². The van der Waals surface area contributed by atoms with Crippen LogP contribution in [0.15, 0.2) is 77.8 Å². The highest BCUT2D eigenvalue weighted by atomic mass is 32.1. The summed E-state index contributed by atoms with van der Waals surface area (Å²) in [6.07, 6.45) is 0. The summed E-state index contributed by atoms with van der Waals surface area (Å²) in [5, 5.41) is 15.0. The fraction of sp³-hybridized carbons (Fsp3) is 0.0769. The van der Waals surface area contributed by atoms with E-state index >= 15 is 0 Å². The van der Waals surface area contributed by atoms with Gasteiger partial charge in [0.05, 0.1) is 24.2 Å². The van der Waals surface area contributed by atoms with Crippen molar-refractivity contribution in [2.24, 2.45) is 4.99 Å². The highest BCUT2D eigenvalue weighted by Crippen LogP contribution is 2.17. The Morgan fingerprint density at radius 1 is 0.897 bits per heavy atom. The second kappa shape index (κ2) is 10.8. The molecule has 0 atom stereocenters. The molecule has 0 aliphatic rings. The average Bonchev–Trinajstić information content (AvgIpc) is 3.53. The second-order valence-electron chi connectivity index (χ2n) is 8.11. The van der Waals surface area contributed by atoms with Crippen molar-refractivity contribution in [3.63, 3.8) is 0 Å². The van der Waals surface area contributed by atoms with Crippen LogP contribution in [-0.4, -0.2) is 43.1 Å². The summed E-state index contributed by atoms with van der Waals surface area (Å²) in [5.74, 6) is -1.61. The molecule has 2 amide bonds. The van der Waals surface area contributed by atoms with Crippen molar-refractivity contribution in [2.45, 2.75) is 6.92 Å². The maximum absolute atomic E-state index is 13.5. The van der Waals surface area contributed by atoms with Crippen molar-refractivity contribution < 1.29 is 23.1 Å². The Kier molecular flexibility index (Phi) is 7.06. The Morgan fingerprint density at radius 2 is 1.51 bits per heavy atom. The third-order valence-electron chi connectivity index (χ3n) is 5.55. The molecule has 2 aromatic heterocycles. The summed E-state index contributed by atoms with van der Waals surface area (Å²) >= 11 is 0.915. The second-order valence-corrected chi connectivity index (χ2v) is 9.02. The van der Waals surface area contributed by atoms with E-state index in [1.807, 2.05) is 0 Å². The van der Waals surface area contributed by atoms with E-state index in [0.717, 1.165) is 11.5 Å². The molecule has 5 aromatic rings. The quantitative estimate of drug-likeness (QED) is 0.342. The van der Waals surface area contributed by atoms with Gasteiger partial charge in [0.15, 0.2) is 16.1 Å². The molecule has 0 unspecified atom stereocenters. The average molecular weight is 548 g/mol. The zero-order valence-electron chi connectivity index (χ0n) is 20.5. The monoisotopic (exact) mass is 547 g/mol. The zero-order chi connectivity index (χ0) is 27.5. The highest BCUT2D eigenvalue weighted by molar-refractivity contribution is 7.04. The minimum absolute atomic E-state index is 0.00562. The fourth-order valence-corrected chi connectivity index (χ4v) is 4.40. The number of carbonyl (C=O) groups excluding carboxylic acids is 2. The van der Waals surface area contributed by atoms with Crippen molar-refractivity contribution >= 4 is 29.0 Å². The van der Waals surface area contributed by atoms with Gasteiger partial charge in [-0.3, -0.25) is 9.59 Å². The van der Waals surface area contributed by atoms with Gasteiger partial charge in [-0.25, -0.2) is 13.5 Å². The van der Waals surface area contributed by atoms with E-state index < -0.39 is 23.4 Å². The first-order valence-corrected chi connectivity index (χ1v) is 12.2. The van der Waals surface area contributed by atoms with Crippen LogP contribution in [0.1, 0.15) is 26.7 Å². The van der Waals surface area contributed by atoms with Gasteiger partial charge < -0.3 is 10.1 Å². The highest BCUT2D eigenvalue weighted by Gasteiger charge is 2.21. The summed E-state index contributed by atoms with van der Waals surface area (Å²) in [6, 6.07) is 17.6.